The fourth-order valence-electron chi connectivity index (χ4n) is 1.07. The molecule has 0 fully saturated rings. The van der Waals surface area contributed by atoms with Crippen LogP contribution in [0.25, 0.3) is 5.57 Å². The van der Waals surface area contributed by atoms with Gasteiger partial charge >= 0.3 is 0 Å². The van der Waals surface area contributed by atoms with Crippen molar-refractivity contribution in [2.24, 2.45) is 5.73 Å². The van der Waals surface area contributed by atoms with E-state index in [2.05, 4.69) is 15.9 Å². The zero-order chi connectivity index (χ0) is 9.84. The summed E-state index contributed by atoms with van der Waals surface area (Å²) in [5.41, 5.74) is 6.90. The highest BCUT2D eigenvalue weighted by Gasteiger charge is 2.00. The van der Waals surface area contributed by atoms with Crippen molar-refractivity contribution in [1.82, 2.24) is 0 Å². The van der Waals surface area contributed by atoms with E-state index in [0.717, 1.165) is 15.6 Å². The Morgan fingerprint density at radius 2 is 2.08 bits per heavy atom. The van der Waals surface area contributed by atoms with Crippen LogP contribution < -0.4 is 5.73 Å². The second kappa shape index (κ2) is 4.23. The molecule has 0 atom stereocenters. The third-order valence-corrected chi connectivity index (χ3v) is 2.35. The first kappa shape index (κ1) is 9.99. The maximum atomic E-state index is 10.6. The fraction of sp³-hybridized carbons (Fsp3) is 0.100. The number of allylic oxidation sites excluding steroid dienone is 1. The summed E-state index contributed by atoms with van der Waals surface area (Å²) in [6.45, 7) is 1.85. The molecule has 0 saturated heterocycles. The van der Waals surface area contributed by atoms with E-state index in [0.29, 0.717) is 0 Å². The first-order valence-corrected chi connectivity index (χ1v) is 4.63. The molecule has 1 aromatic carbocycles. The van der Waals surface area contributed by atoms with Gasteiger partial charge in [0.25, 0.3) is 0 Å². The number of amides is 1. The van der Waals surface area contributed by atoms with Crippen molar-refractivity contribution in [3.8, 4) is 0 Å². The van der Waals surface area contributed by atoms with Gasteiger partial charge < -0.3 is 5.73 Å². The standard InChI is InChI=1S/C10H10BrNO/c1-7(6-10(12)13)8-4-2-3-5-9(8)11/h2-6H,1H3,(H2,12,13). The first-order chi connectivity index (χ1) is 6.11. The lowest BCUT2D eigenvalue weighted by molar-refractivity contribution is -0.113. The summed E-state index contributed by atoms with van der Waals surface area (Å²) in [5.74, 6) is -0.423. The van der Waals surface area contributed by atoms with Gasteiger partial charge in [-0.25, -0.2) is 0 Å². The third kappa shape index (κ3) is 2.70. The number of halogens is 1. The Bertz CT molecular complexity index is 358. The average molecular weight is 240 g/mol. The van der Waals surface area contributed by atoms with Crippen molar-refractivity contribution in [1.29, 1.82) is 0 Å². The van der Waals surface area contributed by atoms with Crippen molar-refractivity contribution in [2.45, 2.75) is 6.92 Å². The molecule has 0 saturated carbocycles. The largest absolute Gasteiger partial charge is 0.366 e. The smallest absolute Gasteiger partial charge is 0.241 e. The lowest BCUT2D eigenvalue weighted by Gasteiger charge is -2.02. The van der Waals surface area contributed by atoms with E-state index >= 15 is 0 Å². The second-order valence-electron chi connectivity index (χ2n) is 2.71. The molecule has 2 nitrogen and oxygen atoms in total. The van der Waals surface area contributed by atoms with Crippen molar-refractivity contribution in [2.75, 3.05) is 0 Å². The van der Waals surface area contributed by atoms with Crippen LogP contribution in [0.15, 0.2) is 34.8 Å². The van der Waals surface area contributed by atoms with E-state index in [1.54, 1.807) is 0 Å². The number of rotatable bonds is 2. The Morgan fingerprint density at radius 3 is 2.62 bits per heavy atom. The minimum absolute atomic E-state index is 0.423. The highest BCUT2D eigenvalue weighted by atomic mass is 79.9. The molecule has 0 aliphatic carbocycles. The van der Waals surface area contributed by atoms with Crippen molar-refractivity contribution in [3.63, 3.8) is 0 Å². The number of primary amides is 1. The van der Waals surface area contributed by atoms with Crippen LogP contribution in [-0.4, -0.2) is 5.91 Å². The monoisotopic (exact) mass is 239 g/mol. The maximum absolute atomic E-state index is 10.6. The molecular weight excluding hydrogens is 230 g/mol. The van der Waals surface area contributed by atoms with Gasteiger partial charge in [0.15, 0.2) is 0 Å². The molecule has 0 spiro atoms. The minimum atomic E-state index is -0.423. The fourth-order valence-corrected chi connectivity index (χ4v) is 1.67. The summed E-state index contributed by atoms with van der Waals surface area (Å²) in [6, 6.07) is 7.69. The lowest BCUT2D eigenvalue weighted by Crippen LogP contribution is -2.06. The lowest BCUT2D eigenvalue weighted by atomic mass is 10.1. The molecular formula is C10H10BrNO. The highest BCUT2D eigenvalue weighted by molar-refractivity contribution is 9.10. The van der Waals surface area contributed by atoms with Gasteiger partial charge in [-0.1, -0.05) is 34.1 Å². The van der Waals surface area contributed by atoms with Gasteiger partial charge in [0, 0.05) is 10.5 Å². The Balaban J connectivity index is 3.08. The van der Waals surface area contributed by atoms with Gasteiger partial charge in [0.2, 0.25) is 5.91 Å². The van der Waals surface area contributed by atoms with E-state index in [9.17, 15) is 4.79 Å². The molecule has 0 aliphatic rings. The van der Waals surface area contributed by atoms with Crippen LogP contribution >= 0.6 is 15.9 Å². The SMILES string of the molecule is CC(=CC(N)=O)c1ccccc1Br. The molecule has 0 aromatic heterocycles. The summed E-state index contributed by atoms with van der Waals surface area (Å²) < 4.78 is 0.963. The molecule has 3 heteroatoms. The van der Waals surface area contributed by atoms with Crippen LogP contribution in [-0.2, 0) is 4.79 Å². The number of benzene rings is 1. The summed E-state index contributed by atoms with van der Waals surface area (Å²) in [4.78, 5) is 10.6. The predicted molar refractivity (Wildman–Crippen MR) is 57.0 cm³/mol. The summed E-state index contributed by atoms with van der Waals surface area (Å²) in [7, 11) is 0. The molecule has 1 amide bonds. The molecule has 1 aromatic rings. The van der Waals surface area contributed by atoms with Crippen LogP contribution in [0, 0.1) is 0 Å². The van der Waals surface area contributed by atoms with Crippen molar-refractivity contribution < 1.29 is 4.79 Å². The van der Waals surface area contributed by atoms with E-state index < -0.39 is 5.91 Å². The molecule has 13 heavy (non-hydrogen) atoms. The summed E-state index contributed by atoms with van der Waals surface area (Å²) in [5, 5.41) is 0. The molecule has 0 bridgehead atoms. The number of hydrogen-bond acceptors (Lipinski definition) is 1. The third-order valence-electron chi connectivity index (χ3n) is 1.66. The number of carbonyl (C=O) groups is 1. The molecule has 0 aliphatic heterocycles. The second-order valence-corrected chi connectivity index (χ2v) is 3.56. The van der Waals surface area contributed by atoms with E-state index in [1.807, 2.05) is 31.2 Å². The Kier molecular flexibility index (Phi) is 3.25. The van der Waals surface area contributed by atoms with Crippen molar-refractivity contribution in [3.05, 3.63) is 40.4 Å². The molecule has 0 radical (unpaired) electrons. The number of carbonyl (C=O) groups excluding carboxylic acids is 1. The molecule has 68 valence electrons. The van der Waals surface area contributed by atoms with Gasteiger partial charge in [-0.3, -0.25) is 4.79 Å². The Hall–Kier alpha value is -1.09. The topological polar surface area (TPSA) is 43.1 Å². The van der Waals surface area contributed by atoms with Gasteiger partial charge in [0.1, 0.15) is 0 Å². The maximum Gasteiger partial charge on any atom is 0.241 e. The summed E-state index contributed by atoms with van der Waals surface area (Å²) >= 11 is 3.39. The summed E-state index contributed by atoms with van der Waals surface area (Å²) in [6.07, 6.45) is 1.42. The minimum Gasteiger partial charge on any atom is -0.366 e. The van der Waals surface area contributed by atoms with E-state index in [-0.39, 0.29) is 0 Å². The van der Waals surface area contributed by atoms with Crippen LogP contribution in [0.5, 0.6) is 0 Å². The number of nitrogens with two attached hydrogens (primary N) is 1. The number of hydrogen-bond donors (Lipinski definition) is 1. The van der Waals surface area contributed by atoms with Crippen LogP contribution in [0.1, 0.15) is 12.5 Å². The van der Waals surface area contributed by atoms with Gasteiger partial charge in [0.05, 0.1) is 0 Å². The predicted octanol–water partition coefficient (Wildman–Crippen LogP) is 2.34. The van der Waals surface area contributed by atoms with Gasteiger partial charge in [-0.2, -0.15) is 0 Å². The highest BCUT2D eigenvalue weighted by Crippen LogP contribution is 2.23. The van der Waals surface area contributed by atoms with Gasteiger partial charge in [-0.05, 0) is 24.1 Å². The first-order valence-electron chi connectivity index (χ1n) is 3.84. The van der Waals surface area contributed by atoms with Crippen LogP contribution in [0.4, 0.5) is 0 Å². The van der Waals surface area contributed by atoms with Crippen LogP contribution in [0.2, 0.25) is 0 Å². The zero-order valence-corrected chi connectivity index (χ0v) is 8.84. The molecule has 2 N–H and O–H groups in total. The normalized spacial score (nSPS) is 11.4. The average Bonchev–Trinajstić information content (AvgIpc) is 2.03. The Morgan fingerprint density at radius 1 is 1.46 bits per heavy atom. The zero-order valence-electron chi connectivity index (χ0n) is 7.25. The quantitative estimate of drug-likeness (QED) is 0.792. The molecule has 1 rings (SSSR count). The van der Waals surface area contributed by atoms with Gasteiger partial charge in [-0.15, -0.1) is 0 Å². The molecule has 0 heterocycles. The van der Waals surface area contributed by atoms with Crippen LogP contribution in [0.3, 0.4) is 0 Å². The van der Waals surface area contributed by atoms with E-state index in [1.165, 1.54) is 6.08 Å². The van der Waals surface area contributed by atoms with Crippen molar-refractivity contribution >= 4 is 27.4 Å². The van der Waals surface area contributed by atoms with E-state index in [4.69, 9.17) is 5.73 Å². The molecule has 0 unspecified atom stereocenters. The Labute approximate surface area is 85.6 Å².